The van der Waals surface area contributed by atoms with Crippen molar-refractivity contribution >= 4 is 11.9 Å². The third-order valence-corrected chi connectivity index (χ3v) is 15.7. The lowest BCUT2D eigenvalue weighted by atomic mass is 9.99. The van der Waals surface area contributed by atoms with Crippen molar-refractivity contribution in [2.45, 2.75) is 372 Å². The van der Waals surface area contributed by atoms with Gasteiger partial charge >= 0.3 is 5.97 Å². The first kappa shape index (κ1) is 71.4. The van der Waals surface area contributed by atoms with Crippen molar-refractivity contribution in [3.63, 3.8) is 0 Å². The van der Waals surface area contributed by atoms with Gasteiger partial charge < -0.3 is 45.1 Å². The fourth-order valence-electron chi connectivity index (χ4n) is 10.5. The second kappa shape index (κ2) is 53.1. The Kier molecular flexibility index (Phi) is 50.5. The Morgan fingerprint density at radius 2 is 0.867 bits per heavy atom. The van der Waals surface area contributed by atoms with Crippen LogP contribution < -0.4 is 5.32 Å². The molecule has 8 unspecified atom stereocenters. The van der Waals surface area contributed by atoms with Crippen molar-refractivity contribution in [3.05, 3.63) is 12.2 Å². The SMILES string of the molecule is CCCCCCCCCCC/C=C/C(O)C(COC1OC(CO)C(O)C(O)C1OC(=O)CCCCCCCCCCCCCCCCC)NC(=O)C(O)CCCCCCCCCCCCCCCCCCCCCC. The molecule has 1 rings (SSSR count). The van der Waals surface area contributed by atoms with E-state index in [0.29, 0.717) is 19.3 Å². The minimum atomic E-state index is -1.61. The van der Waals surface area contributed by atoms with Crippen LogP contribution in [0.15, 0.2) is 12.2 Å². The average Bonchev–Trinajstić information content (AvgIpc) is 3.41. The van der Waals surface area contributed by atoms with Gasteiger partial charge in [0.15, 0.2) is 12.4 Å². The Hall–Kier alpha value is -1.60. The highest BCUT2D eigenvalue weighted by Crippen LogP contribution is 2.26. The van der Waals surface area contributed by atoms with E-state index in [1.54, 1.807) is 6.08 Å². The molecule has 1 heterocycles. The Morgan fingerprint density at radius 1 is 0.507 bits per heavy atom. The fraction of sp³-hybridized carbons (Fsp3) is 0.938. The molecule has 6 N–H and O–H groups in total. The van der Waals surface area contributed by atoms with Crippen LogP contribution >= 0.6 is 0 Å². The van der Waals surface area contributed by atoms with E-state index in [1.807, 2.05) is 6.08 Å². The van der Waals surface area contributed by atoms with Gasteiger partial charge in [0, 0.05) is 6.42 Å². The molecule has 1 saturated heterocycles. The smallest absolute Gasteiger partial charge is 0.306 e. The van der Waals surface area contributed by atoms with Gasteiger partial charge in [-0.15, -0.1) is 0 Å². The summed E-state index contributed by atoms with van der Waals surface area (Å²) in [6.45, 7) is 5.83. The molecule has 0 radical (unpaired) electrons. The number of aliphatic hydroxyl groups excluding tert-OH is 5. The van der Waals surface area contributed by atoms with Crippen LogP contribution in [-0.4, -0.2) is 99.6 Å². The van der Waals surface area contributed by atoms with Crippen LogP contribution in [0.4, 0.5) is 0 Å². The molecule has 444 valence electrons. The molecule has 0 aliphatic carbocycles. The number of nitrogens with one attached hydrogen (secondary N) is 1. The minimum Gasteiger partial charge on any atom is -0.454 e. The molecular weight excluding hydrogens is 943 g/mol. The van der Waals surface area contributed by atoms with Crippen LogP contribution in [0.1, 0.15) is 323 Å². The quantitative estimate of drug-likeness (QED) is 0.0195. The second-order valence-electron chi connectivity index (χ2n) is 22.9. The molecule has 0 spiro atoms. The van der Waals surface area contributed by atoms with Crippen molar-refractivity contribution in [3.8, 4) is 0 Å². The fourth-order valence-corrected chi connectivity index (χ4v) is 10.5. The number of hydrogen-bond acceptors (Lipinski definition) is 10. The molecule has 1 amide bonds. The average molecular weight is 1070 g/mol. The zero-order valence-corrected chi connectivity index (χ0v) is 49.2. The normalized spacial score (nSPS) is 19.2. The topological polar surface area (TPSA) is 175 Å². The van der Waals surface area contributed by atoms with E-state index in [1.165, 1.54) is 218 Å². The first-order valence-electron chi connectivity index (χ1n) is 32.5. The standard InChI is InChI=1S/C64H123NO10/c1-4-7-10-13-16-19-22-24-26-27-28-29-30-32-33-36-39-42-45-48-51-57(68)63(72)65-55(56(67)50-47-44-41-38-35-21-18-15-12-9-6-3)54-73-64-62(61(71)60(70)58(53-66)74-64)75-59(69)52-49-46-43-40-37-34-31-25-23-20-17-14-11-8-5-2/h47,50,55-58,60-62,64,66-68,70-71H,4-46,48-49,51-54H2,1-3H3,(H,65,72)/b50-47+. The van der Waals surface area contributed by atoms with Gasteiger partial charge in [-0.05, 0) is 25.7 Å². The van der Waals surface area contributed by atoms with Gasteiger partial charge in [0.2, 0.25) is 5.91 Å². The molecule has 11 heteroatoms. The Labute approximate surface area is 461 Å². The molecule has 11 nitrogen and oxygen atoms in total. The molecule has 0 aromatic carbocycles. The number of esters is 1. The van der Waals surface area contributed by atoms with Gasteiger partial charge in [-0.3, -0.25) is 9.59 Å². The number of ether oxygens (including phenoxy) is 3. The lowest BCUT2D eigenvalue weighted by molar-refractivity contribution is -0.305. The van der Waals surface area contributed by atoms with Crippen molar-refractivity contribution in [2.24, 2.45) is 0 Å². The first-order chi connectivity index (χ1) is 36.7. The lowest BCUT2D eigenvalue weighted by Crippen LogP contribution is -2.61. The van der Waals surface area contributed by atoms with Gasteiger partial charge in [-0.25, -0.2) is 0 Å². The third kappa shape index (κ3) is 41.1. The van der Waals surface area contributed by atoms with Crippen LogP contribution in [0, 0.1) is 0 Å². The maximum absolute atomic E-state index is 13.4. The zero-order valence-electron chi connectivity index (χ0n) is 49.2. The Bertz CT molecular complexity index is 1270. The van der Waals surface area contributed by atoms with Crippen LogP contribution in [0.3, 0.4) is 0 Å². The van der Waals surface area contributed by atoms with E-state index in [2.05, 4.69) is 26.1 Å². The first-order valence-corrected chi connectivity index (χ1v) is 32.5. The highest BCUT2D eigenvalue weighted by molar-refractivity contribution is 5.80. The van der Waals surface area contributed by atoms with Gasteiger partial charge in [0.1, 0.15) is 24.4 Å². The molecule has 8 atom stereocenters. The molecule has 1 aliphatic rings. The third-order valence-electron chi connectivity index (χ3n) is 15.7. The molecule has 0 bridgehead atoms. The largest absolute Gasteiger partial charge is 0.454 e. The number of carbonyl (C=O) groups is 2. The lowest BCUT2D eigenvalue weighted by Gasteiger charge is -2.41. The Balaban J connectivity index is 2.61. The predicted molar refractivity (Wildman–Crippen MR) is 311 cm³/mol. The maximum atomic E-state index is 13.4. The number of aliphatic hydroxyl groups is 5. The van der Waals surface area contributed by atoms with Crippen LogP contribution in [0.5, 0.6) is 0 Å². The molecular formula is C64H123NO10. The van der Waals surface area contributed by atoms with Crippen molar-refractivity contribution < 1.29 is 49.3 Å². The van der Waals surface area contributed by atoms with E-state index in [-0.39, 0.29) is 13.0 Å². The number of hydrogen-bond donors (Lipinski definition) is 6. The summed E-state index contributed by atoms with van der Waals surface area (Å²) in [4.78, 5) is 26.5. The maximum Gasteiger partial charge on any atom is 0.306 e. The van der Waals surface area contributed by atoms with E-state index in [9.17, 15) is 35.1 Å². The van der Waals surface area contributed by atoms with E-state index in [4.69, 9.17) is 14.2 Å². The monoisotopic (exact) mass is 1070 g/mol. The van der Waals surface area contributed by atoms with E-state index in [0.717, 1.165) is 57.8 Å². The summed E-state index contributed by atoms with van der Waals surface area (Å²) in [5.74, 6) is -1.18. The molecule has 0 aromatic rings. The molecule has 1 aliphatic heterocycles. The van der Waals surface area contributed by atoms with Crippen LogP contribution in [0.2, 0.25) is 0 Å². The zero-order chi connectivity index (χ0) is 54.7. The second-order valence-corrected chi connectivity index (χ2v) is 22.9. The summed E-state index contributed by atoms with van der Waals surface area (Å²) in [6.07, 6.45) is 49.7. The number of allylic oxidation sites excluding steroid dienone is 1. The van der Waals surface area contributed by atoms with Gasteiger partial charge in [0.05, 0.1) is 25.4 Å². The summed E-state index contributed by atoms with van der Waals surface area (Å²) >= 11 is 0. The van der Waals surface area contributed by atoms with Crippen molar-refractivity contribution in [2.75, 3.05) is 13.2 Å². The van der Waals surface area contributed by atoms with Gasteiger partial charge in [0.25, 0.3) is 0 Å². The van der Waals surface area contributed by atoms with E-state index < -0.39 is 67.4 Å². The highest BCUT2D eigenvalue weighted by atomic mass is 16.7. The highest BCUT2D eigenvalue weighted by Gasteiger charge is 2.47. The van der Waals surface area contributed by atoms with Crippen molar-refractivity contribution in [1.29, 1.82) is 0 Å². The minimum absolute atomic E-state index is 0.131. The Morgan fingerprint density at radius 3 is 1.25 bits per heavy atom. The van der Waals surface area contributed by atoms with Crippen LogP contribution in [-0.2, 0) is 23.8 Å². The summed E-state index contributed by atoms with van der Waals surface area (Å²) in [6, 6.07) is -1.02. The molecule has 0 saturated carbocycles. The number of carbonyl (C=O) groups excluding carboxylic acids is 2. The van der Waals surface area contributed by atoms with Gasteiger partial charge in [-0.1, -0.05) is 303 Å². The molecule has 0 aromatic heterocycles. The van der Waals surface area contributed by atoms with E-state index >= 15 is 0 Å². The number of amides is 1. The van der Waals surface area contributed by atoms with Gasteiger partial charge in [-0.2, -0.15) is 0 Å². The summed E-state index contributed by atoms with van der Waals surface area (Å²) in [7, 11) is 0. The number of unbranched alkanes of at least 4 members (excludes halogenated alkanes) is 42. The predicted octanol–water partition coefficient (Wildman–Crippen LogP) is 15.5. The summed E-state index contributed by atoms with van der Waals surface area (Å²) in [5.41, 5.74) is 0. The summed E-state index contributed by atoms with van der Waals surface area (Å²) in [5, 5.41) is 57.0. The van der Waals surface area contributed by atoms with Crippen LogP contribution in [0.25, 0.3) is 0 Å². The molecule has 1 fully saturated rings. The number of rotatable bonds is 56. The summed E-state index contributed by atoms with van der Waals surface area (Å²) < 4.78 is 17.6. The van der Waals surface area contributed by atoms with Crippen molar-refractivity contribution in [1.82, 2.24) is 5.32 Å². The molecule has 75 heavy (non-hydrogen) atoms.